The van der Waals surface area contributed by atoms with E-state index >= 15 is 0 Å². The summed E-state index contributed by atoms with van der Waals surface area (Å²) in [4.78, 5) is 23.7. The van der Waals surface area contributed by atoms with Crippen LogP contribution in [0.1, 0.15) is 17.4 Å². The lowest BCUT2D eigenvalue weighted by atomic mass is 10.0. The molecule has 5 rings (SSSR count). The second kappa shape index (κ2) is 8.82. The number of nitrogens with one attached hydrogen (secondary N) is 1. The lowest BCUT2D eigenvalue weighted by molar-refractivity contribution is -0.00444. The first-order chi connectivity index (χ1) is 17.2. The van der Waals surface area contributed by atoms with E-state index in [1.54, 1.807) is 61.5 Å². The molecule has 0 aliphatic heterocycles. The number of benzene rings is 3. The van der Waals surface area contributed by atoms with E-state index < -0.39 is 11.6 Å². The van der Waals surface area contributed by atoms with Gasteiger partial charge >= 0.3 is 5.97 Å². The average molecular weight is 486 g/mol. The molecule has 0 radical (unpaired) electrons. The van der Waals surface area contributed by atoms with Crippen LogP contribution < -0.4 is 16.0 Å². The van der Waals surface area contributed by atoms with Gasteiger partial charge in [0.2, 0.25) is 0 Å². The fraction of sp³-hybridized carbons (Fsp3) is 0.154. The summed E-state index contributed by atoms with van der Waals surface area (Å²) in [6, 6.07) is 19.2. The van der Waals surface area contributed by atoms with Gasteiger partial charge in [-0.1, -0.05) is 42.5 Å². The molecule has 5 N–H and O–H groups in total. The Balaban J connectivity index is 1.41. The number of aromatic nitrogens is 4. The molecule has 3 aromatic carbocycles. The summed E-state index contributed by atoms with van der Waals surface area (Å²) in [5, 5.41) is 33.1. The number of fused-ring (bicyclic) bond motifs is 2. The Morgan fingerprint density at radius 2 is 1.78 bits per heavy atom. The van der Waals surface area contributed by atoms with Crippen molar-refractivity contribution < 1.29 is 19.7 Å². The number of carboxylic acids is 1. The standard InChI is InChI=1S/C26H23N5O5/c1-26(35,13-31-20-9-5-4-8-18(20)23(30-31)25(33)34)14-36-21-12-15(10-11-19(21)27)22-16-6-2-3-7-17(16)24(32)29-28-22/h2-12,35H,13-14,27H2,1H3,(H,29,32)(H,33,34). The summed E-state index contributed by atoms with van der Waals surface area (Å²) in [5.74, 6) is -0.810. The second-order valence-corrected chi connectivity index (χ2v) is 8.81. The molecule has 0 amide bonds. The van der Waals surface area contributed by atoms with Gasteiger partial charge in [0.05, 0.1) is 28.8 Å². The van der Waals surface area contributed by atoms with Crippen LogP contribution in [0.15, 0.2) is 71.5 Å². The number of rotatable bonds is 7. The summed E-state index contributed by atoms with van der Waals surface area (Å²) in [7, 11) is 0. The monoisotopic (exact) mass is 485 g/mol. The van der Waals surface area contributed by atoms with Crippen molar-refractivity contribution in [2.45, 2.75) is 19.1 Å². The molecule has 1 atom stereocenters. The van der Waals surface area contributed by atoms with E-state index in [9.17, 15) is 19.8 Å². The fourth-order valence-electron chi connectivity index (χ4n) is 4.15. The van der Waals surface area contributed by atoms with Crippen molar-refractivity contribution in [1.82, 2.24) is 20.0 Å². The number of anilines is 1. The number of aliphatic hydroxyl groups is 1. The van der Waals surface area contributed by atoms with Gasteiger partial charge in [0.1, 0.15) is 18.0 Å². The first-order valence-corrected chi connectivity index (χ1v) is 11.1. The SMILES string of the molecule is CC(O)(COc1cc(-c2n[nH]c(=O)c3ccccc23)ccc1N)Cn1nc(C(=O)O)c2ccccc21. The normalized spacial score (nSPS) is 13.1. The first-order valence-electron chi connectivity index (χ1n) is 11.1. The van der Waals surface area contributed by atoms with Gasteiger partial charge in [-0.15, -0.1) is 0 Å². The first kappa shape index (κ1) is 23.1. The number of ether oxygens (including phenoxy) is 1. The molecule has 0 spiro atoms. The van der Waals surface area contributed by atoms with Gasteiger partial charge in [-0.2, -0.15) is 10.2 Å². The third-order valence-electron chi connectivity index (χ3n) is 5.87. The molecule has 1 unspecified atom stereocenters. The number of H-pyrrole nitrogens is 1. The van der Waals surface area contributed by atoms with Crippen molar-refractivity contribution in [3.63, 3.8) is 0 Å². The zero-order valence-corrected chi connectivity index (χ0v) is 19.3. The van der Waals surface area contributed by atoms with Crippen LogP contribution in [0.4, 0.5) is 5.69 Å². The van der Waals surface area contributed by atoms with E-state index in [2.05, 4.69) is 15.3 Å². The third-order valence-corrected chi connectivity index (χ3v) is 5.87. The molecule has 5 aromatic rings. The van der Waals surface area contributed by atoms with Crippen LogP contribution in [0.5, 0.6) is 5.75 Å². The number of aromatic carboxylic acids is 1. The number of hydrogen-bond acceptors (Lipinski definition) is 7. The number of hydrogen-bond donors (Lipinski definition) is 4. The lowest BCUT2D eigenvalue weighted by Gasteiger charge is -2.24. The number of para-hydroxylation sites is 1. The summed E-state index contributed by atoms with van der Waals surface area (Å²) >= 11 is 0. The molecular formula is C26H23N5O5. The Bertz CT molecular complexity index is 1670. The van der Waals surface area contributed by atoms with E-state index in [1.807, 2.05) is 12.1 Å². The molecule has 10 nitrogen and oxygen atoms in total. The highest BCUT2D eigenvalue weighted by atomic mass is 16.5. The minimum absolute atomic E-state index is 0.00744. The van der Waals surface area contributed by atoms with E-state index in [4.69, 9.17) is 10.5 Å². The molecule has 0 fully saturated rings. The van der Waals surface area contributed by atoms with Gasteiger partial charge in [0.25, 0.3) is 5.56 Å². The molecule has 0 aliphatic rings. The number of nitrogens with zero attached hydrogens (tertiary/aromatic N) is 3. The Morgan fingerprint density at radius 1 is 1.08 bits per heavy atom. The lowest BCUT2D eigenvalue weighted by Crippen LogP contribution is -2.37. The number of nitrogens with two attached hydrogens (primary N) is 1. The van der Waals surface area contributed by atoms with Crippen LogP contribution in [0.2, 0.25) is 0 Å². The van der Waals surface area contributed by atoms with E-state index in [0.717, 1.165) is 0 Å². The van der Waals surface area contributed by atoms with E-state index in [1.165, 1.54) is 4.68 Å². The Hall–Kier alpha value is -4.70. The maximum Gasteiger partial charge on any atom is 0.357 e. The fourth-order valence-corrected chi connectivity index (χ4v) is 4.15. The Morgan fingerprint density at radius 3 is 2.53 bits per heavy atom. The zero-order chi connectivity index (χ0) is 25.4. The van der Waals surface area contributed by atoms with Gasteiger partial charge in [0, 0.05) is 16.3 Å². The van der Waals surface area contributed by atoms with Crippen LogP contribution in [0, 0.1) is 0 Å². The van der Waals surface area contributed by atoms with E-state index in [0.29, 0.717) is 44.4 Å². The van der Waals surface area contributed by atoms with Crippen LogP contribution in [0.3, 0.4) is 0 Å². The van der Waals surface area contributed by atoms with Crippen molar-refractivity contribution in [2.24, 2.45) is 0 Å². The van der Waals surface area contributed by atoms with Gasteiger partial charge in [0.15, 0.2) is 5.69 Å². The topological polar surface area (TPSA) is 156 Å². The van der Waals surface area contributed by atoms with Gasteiger partial charge in [-0.3, -0.25) is 9.48 Å². The highest BCUT2D eigenvalue weighted by Gasteiger charge is 2.26. The van der Waals surface area contributed by atoms with Crippen molar-refractivity contribution in [2.75, 3.05) is 12.3 Å². The molecular weight excluding hydrogens is 462 g/mol. The largest absolute Gasteiger partial charge is 0.488 e. The van der Waals surface area contributed by atoms with Crippen LogP contribution in [-0.4, -0.2) is 48.4 Å². The van der Waals surface area contributed by atoms with Gasteiger partial charge in [-0.05, 0) is 31.2 Å². The number of nitrogen functional groups attached to an aromatic ring is 1. The summed E-state index contributed by atoms with van der Waals surface area (Å²) in [6.07, 6.45) is 0. The molecule has 0 aliphatic carbocycles. The molecule has 36 heavy (non-hydrogen) atoms. The van der Waals surface area contributed by atoms with E-state index in [-0.39, 0.29) is 24.4 Å². The molecule has 10 heteroatoms. The summed E-state index contributed by atoms with van der Waals surface area (Å²) in [5.41, 5.74) is 6.55. The Kier molecular flexibility index (Phi) is 5.65. The highest BCUT2D eigenvalue weighted by Crippen LogP contribution is 2.31. The molecule has 2 aromatic heterocycles. The second-order valence-electron chi connectivity index (χ2n) is 8.81. The van der Waals surface area contributed by atoms with Crippen molar-refractivity contribution in [3.8, 4) is 17.0 Å². The minimum Gasteiger partial charge on any atom is -0.488 e. The molecule has 182 valence electrons. The molecule has 0 saturated carbocycles. The zero-order valence-electron chi connectivity index (χ0n) is 19.3. The maximum atomic E-state index is 12.1. The minimum atomic E-state index is -1.41. The number of aromatic amines is 1. The average Bonchev–Trinajstić information content (AvgIpc) is 3.22. The summed E-state index contributed by atoms with van der Waals surface area (Å²) in [6.45, 7) is 1.42. The van der Waals surface area contributed by atoms with Crippen LogP contribution >= 0.6 is 0 Å². The van der Waals surface area contributed by atoms with Crippen LogP contribution in [-0.2, 0) is 6.54 Å². The van der Waals surface area contributed by atoms with Crippen molar-refractivity contribution >= 4 is 33.3 Å². The Labute approximate surface area is 204 Å². The highest BCUT2D eigenvalue weighted by molar-refractivity contribution is 6.01. The molecule has 2 heterocycles. The number of carbonyl (C=O) groups is 1. The van der Waals surface area contributed by atoms with Crippen molar-refractivity contribution in [1.29, 1.82) is 0 Å². The molecule has 0 bridgehead atoms. The predicted octanol–water partition coefficient (Wildman–Crippen LogP) is 3.05. The number of carboxylic acid groups (broad SMARTS) is 1. The summed E-state index contributed by atoms with van der Waals surface area (Å²) < 4.78 is 7.36. The quantitative estimate of drug-likeness (QED) is 0.256. The maximum absolute atomic E-state index is 12.1. The third kappa shape index (κ3) is 4.25. The van der Waals surface area contributed by atoms with Gasteiger partial charge < -0.3 is 20.7 Å². The smallest absolute Gasteiger partial charge is 0.357 e. The predicted molar refractivity (Wildman–Crippen MR) is 135 cm³/mol. The van der Waals surface area contributed by atoms with Crippen LogP contribution in [0.25, 0.3) is 32.9 Å². The van der Waals surface area contributed by atoms with Crippen molar-refractivity contribution in [3.05, 3.63) is 82.8 Å². The molecule has 0 saturated heterocycles. The van der Waals surface area contributed by atoms with Gasteiger partial charge in [-0.25, -0.2) is 9.89 Å².